The van der Waals surface area contributed by atoms with Crippen molar-refractivity contribution in [3.63, 3.8) is 0 Å². The van der Waals surface area contributed by atoms with Gasteiger partial charge in [-0.25, -0.2) is 14.3 Å². The first-order chi connectivity index (χ1) is 8.42. The molecule has 0 saturated carbocycles. The van der Waals surface area contributed by atoms with Gasteiger partial charge in [-0.2, -0.15) is 0 Å². The number of carbonyl (C=O) groups is 1. The third-order valence-electron chi connectivity index (χ3n) is 2.33. The Morgan fingerprint density at radius 3 is 2.67 bits per heavy atom. The second-order valence-electron chi connectivity index (χ2n) is 4.97. The van der Waals surface area contributed by atoms with Crippen LogP contribution >= 0.6 is 22.6 Å². The summed E-state index contributed by atoms with van der Waals surface area (Å²) < 4.78 is 7.62. The van der Waals surface area contributed by atoms with Crippen LogP contribution in [0.5, 0.6) is 0 Å². The minimum Gasteiger partial charge on any atom is -0.443 e. The summed E-state index contributed by atoms with van der Waals surface area (Å²) in [6.45, 7) is 5.56. The molecule has 1 aromatic carbocycles. The number of imidazole rings is 1. The number of rotatable bonds is 1. The Kier molecular flexibility index (Phi) is 3.61. The average Bonchev–Trinajstić information content (AvgIpc) is 2.64. The molecule has 0 unspecified atom stereocenters. The molecule has 0 saturated heterocycles. The Balaban J connectivity index is 2.51. The number of aromatic nitrogens is 2. The molecule has 1 aromatic heterocycles. The SMILES string of the molecule is CC(C)(C)OC(=O)n1c(CI)nc2ccccc21. The number of fused-ring (bicyclic) bond motifs is 1. The van der Waals surface area contributed by atoms with E-state index in [1.54, 1.807) is 4.57 Å². The largest absolute Gasteiger partial charge is 0.443 e. The van der Waals surface area contributed by atoms with Crippen LogP contribution in [0.2, 0.25) is 0 Å². The lowest BCUT2D eigenvalue weighted by Gasteiger charge is -2.20. The van der Waals surface area contributed by atoms with Crippen LogP contribution in [0.15, 0.2) is 24.3 Å². The molecule has 0 aliphatic carbocycles. The van der Waals surface area contributed by atoms with Gasteiger partial charge in [0.1, 0.15) is 11.4 Å². The molecule has 0 N–H and O–H groups in total. The maximum atomic E-state index is 12.2. The quantitative estimate of drug-likeness (QED) is 0.576. The summed E-state index contributed by atoms with van der Waals surface area (Å²) in [6.07, 6.45) is -0.372. The number of alkyl halides is 1. The predicted molar refractivity (Wildman–Crippen MR) is 79.1 cm³/mol. The van der Waals surface area contributed by atoms with Crippen molar-refractivity contribution >= 4 is 39.7 Å². The molecule has 2 aromatic rings. The number of hydrogen-bond acceptors (Lipinski definition) is 3. The van der Waals surface area contributed by atoms with E-state index in [0.717, 1.165) is 11.0 Å². The van der Waals surface area contributed by atoms with E-state index >= 15 is 0 Å². The van der Waals surface area contributed by atoms with Gasteiger partial charge in [-0.05, 0) is 32.9 Å². The maximum absolute atomic E-state index is 12.2. The van der Waals surface area contributed by atoms with E-state index in [-0.39, 0.29) is 6.09 Å². The molecule has 18 heavy (non-hydrogen) atoms. The first-order valence-corrected chi connectivity index (χ1v) is 7.20. The van der Waals surface area contributed by atoms with Gasteiger partial charge in [0.2, 0.25) is 0 Å². The van der Waals surface area contributed by atoms with Gasteiger partial charge in [0, 0.05) is 0 Å². The van der Waals surface area contributed by atoms with E-state index in [2.05, 4.69) is 27.6 Å². The molecule has 2 rings (SSSR count). The molecular formula is C13H15IN2O2. The van der Waals surface area contributed by atoms with Crippen LogP contribution in [0.3, 0.4) is 0 Å². The zero-order chi connectivity index (χ0) is 13.3. The Morgan fingerprint density at radius 1 is 1.39 bits per heavy atom. The third kappa shape index (κ3) is 2.66. The van der Waals surface area contributed by atoms with Crippen LogP contribution in [-0.2, 0) is 9.16 Å². The van der Waals surface area contributed by atoms with Crippen LogP contribution in [0.25, 0.3) is 11.0 Å². The molecular weight excluding hydrogens is 343 g/mol. The fourth-order valence-corrected chi connectivity index (χ4v) is 2.19. The fraction of sp³-hybridized carbons (Fsp3) is 0.385. The molecule has 1 heterocycles. The third-order valence-corrected chi connectivity index (χ3v) is 3.01. The summed E-state index contributed by atoms with van der Waals surface area (Å²) in [5.41, 5.74) is 1.10. The molecule has 0 fully saturated rings. The molecule has 0 bridgehead atoms. The van der Waals surface area contributed by atoms with Gasteiger partial charge in [-0.1, -0.05) is 34.7 Å². The van der Waals surface area contributed by atoms with Gasteiger partial charge in [-0.15, -0.1) is 0 Å². The van der Waals surface area contributed by atoms with Crippen molar-refractivity contribution in [2.75, 3.05) is 0 Å². The Morgan fingerprint density at radius 2 is 2.06 bits per heavy atom. The van der Waals surface area contributed by atoms with Crippen LogP contribution in [-0.4, -0.2) is 21.2 Å². The Hall–Kier alpha value is -1.11. The van der Waals surface area contributed by atoms with E-state index in [0.29, 0.717) is 10.3 Å². The first kappa shape index (κ1) is 13.3. The number of benzene rings is 1. The molecule has 0 atom stereocenters. The van der Waals surface area contributed by atoms with Crippen LogP contribution < -0.4 is 0 Å². The number of halogens is 1. The Bertz CT molecular complexity index is 584. The number of para-hydroxylation sites is 2. The smallest absolute Gasteiger partial charge is 0.420 e. The highest BCUT2D eigenvalue weighted by atomic mass is 127. The molecule has 0 aliphatic rings. The number of carbonyl (C=O) groups excluding carboxylic acids is 1. The summed E-state index contributed by atoms with van der Waals surface area (Å²) in [5, 5.41) is 0. The topological polar surface area (TPSA) is 44.1 Å². The van der Waals surface area contributed by atoms with Crippen molar-refractivity contribution in [2.45, 2.75) is 30.8 Å². The van der Waals surface area contributed by atoms with Gasteiger partial charge >= 0.3 is 6.09 Å². The zero-order valence-electron chi connectivity index (χ0n) is 10.6. The lowest BCUT2D eigenvalue weighted by molar-refractivity contribution is 0.0540. The lowest BCUT2D eigenvalue weighted by Crippen LogP contribution is -2.27. The van der Waals surface area contributed by atoms with Crippen molar-refractivity contribution in [3.8, 4) is 0 Å². The zero-order valence-corrected chi connectivity index (χ0v) is 12.8. The fourth-order valence-electron chi connectivity index (χ4n) is 1.68. The Labute approximate surface area is 119 Å². The molecule has 4 nitrogen and oxygen atoms in total. The number of ether oxygens (including phenoxy) is 1. The second kappa shape index (κ2) is 4.87. The highest BCUT2D eigenvalue weighted by Gasteiger charge is 2.22. The van der Waals surface area contributed by atoms with Gasteiger partial charge in [0.05, 0.1) is 15.5 Å². The molecule has 0 aliphatic heterocycles. The van der Waals surface area contributed by atoms with Crippen molar-refractivity contribution in [3.05, 3.63) is 30.1 Å². The molecule has 5 heteroatoms. The van der Waals surface area contributed by atoms with Crippen molar-refractivity contribution in [1.82, 2.24) is 9.55 Å². The van der Waals surface area contributed by atoms with Crippen molar-refractivity contribution < 1.29 is 9.53 Å². The maximum Gasteiger partial charge on any atom is 0.420 e. The predicted octanol–water partition coefficient (Wildman–Crippen LogP) is 3.75. The number of nitrogens with zero attached hydrogens (tertiary/aromatic N) is 2. The summed E-state index contributed by atoms with van der Waals surface area (Å²) in [6, 6.07) is 7.57. The molecule has 0 radical (unpaired) electrons. The minimum atomic E-state index is -0.509. The van der Waals surface area contributed by atoms with Gasteiger partial charge in [0.25, 0.3) is 0 Å². The average molecular weight is 358 g/mol. The van der Waals surface area contributed by atoms with E-state index in [1.807, 2.05) is 45.0 Å². The summed E-state index contributed by atoms with van der Waals surface area (Å²) >= 11 is 2.19. The molecule has 0 spiro atoms. The van der Waals surface area contributed by atoms with Gasteiger partial charge in [-0.3, -0.25) is 0 Å². The molecule has 96 valence electrons. The number of hydrogen-bond donors (Lipinski definition) is 0. The lowest BCUT2D eigenvalue weighted by atomic mass is 10.2. The van der Waals surface area contributed by atoms with E-state index in [9.17, 15) is 4.79 Å². The summed E-state index contributed by atoms with van der Waals surface area (Å²) in [4.78, 5) is 16.6. The van der Waals surface area contributed by atoms with E-state index < -0.39 is 5.60 Å². The highest BCUT2D eigenvalue weighted by Crippen LogP contribution is 2.20. The van der Waals surface area contributed by atoms with E-state index in [1.165, 1.54) is 0 Å². The monoisotopic (exact) mass is 358 g/mol. The standard InChI is InChI=1S/C13H15IN2O2/c1-13(2,3)18-12(17)16-10-7-5-4-6-9(10)15-11(16)8-14/h4-7H,8H2,1-3H3. The van der Waals surface area contributed by atoms with Crippen LogP contribution in [0.1, 0.15) is 26.6 Å². The van der Waals surface area contributed by atoms with Gasteiger partial charge < -0.3 is 4.74 Å². The molecule has 0 amide bonds. The highest BCUT2D eigenvalue weighted by molar-refractivity contribution is 14.1. The van der Waals surface area contributed by atoms with Gasteiger partial charge in [0.15, 0.2) is 0 Å². The minimum absolute atomic E-state index is 0.372. The van der Waals surface area contributed by atoms with Crippen LogP contribution in [0, 0.1) is 0 Å². The second-order valence-corrected chi connectivity index (χ2v) is 5.73. The van der Waals surface area contributed by atoms with Crippen LogP contribution in [0.4, 0.5) is 4.79 Å². The van der Waals surface area contributed by atoms with Crippen molar-refractivity contribution in [1.29, 1.82) is 0 Å². The summed E-state index contributed by atoms with van der Waals surface area (Å²) in [5.74, 6) is 0.714. The normalized spacial score (nSPS) is 11.8. The summed E-state index contributed by atoms with van der Waals surface area (Å²) in [7, 11) is 0. The van der Waals surface area contributed by atoms with E-state index in [4.69, 9.17) is 4.74 Å². The van der Waals surface area contributed by atoms with Crippen molar-refractivity contribution in [2.24, 2.45) is 0 Å². The first-order valence-electron chi connectivity index (χ1n) is 5.68.